The third kappa shape index (κ3) is 4.44. The fourth-order valence-electron chi connectivity index (χ4n) is 1.12. The molecule has 5 nitrogen and oxygen atoms in total. The van der Waals surface area contributed by atoms with Crippen molar-refractivity contribution in [1.29, 1.82) is 0 Å². The number of aromatic nitrogens is 1. The molecule has 0 saturated heterocycles. The second-order valence-corrected chi connectivity index (χ2v) is 5.24. The van der Waals surface area contributed by atoms with Gasteiger partial charge in [-0.2, -0.15) is 0 Å². The summed E-state index contributed by atoms with van der Waals surface area (Å²) in [6.07, 6.45) is 2.54. The van der Waals surface area contributed by atoms with Crippen LogP contribution in [0.3, 0.4) is 0 Å². The molecule has 0 saturated carbocycles. The van der Waals surface area contributed by atoms with Crippen molar-refractivity contribution in [3.05, 3.63) is 23.2 Å². The Hall–Kier alpha value is -1.56. The smallest absolute Gasteiger partial charge is 0.257 e. The predicted molar refractivity (Wildman–Crippen MR) is 65.8 cm³/mol. The van der Waals surface area contributed by atoms with Crippen molar-refractivity contribution >= 4 is 15.9 Å². The van der Waals surface area contributed by atoms with E-state index in [1.807, 2.05) is 6.92 Å². The summed E-state index contributed by atoms with van der Waals surface area (Å²) in [6.45, 7) is 2.29. The maximum absolute atomic E-state index is 11.0. The standard InChI is InChI=1S/C11H15NO4S/c1-4-16-11-10(15-2)6-5-9(12-11)7-8-17(3,13)14/h5-8H,4H2,1-3H3/b8-7+. The number of methoxy groups -OCH3 is 1. The molecule has 0 atom stereocenters. The average molecular weight is 257 g/mol. The summed E-state index contributed by atoms with van der Waals surface area (Å²) in [7, 11) is -1.64. The Labute approximate surface area is 101 Å². The Bertz CT molecular complexity index is 508. The molecule has 0 aliphatic rings. The van der Waals surface area contributed by atoms with Gasteiger partial charge in [0.25, 0.3) is 5.88 Å². The van der Waals surface area contributed by atoms with Crippen LogP contribution < -0.4 is 9.47 Å². The molecule has 1 aromatic heterocycles. The van der Waals surface area contributed by atoms with Crippen LogP contribution in [0.25, 0.3) is 6.08 Å². The molecule has 0 aliphatic heterocycles. The minimum absolute atomic E-state index is 0.352. The van der Waals surface area contributed by atoms with Crippen molar-refractivity contribution in [3.8, 4) is 11.6 Å². The van der Waals surface area contributed by atoms with Crippen molar-refractivity contribution in [2.45, 2.75) is 6.92 Å². The van der Waals surface area contributed by atoms with Crippen LogP contribution in [0.1, 0.15) is 12.6 Å². The first-order chi connectivity index (χ1) is 7.96. The van der Waals surface area contributed by atoms with E-state index in [2.05, 4.69) is 4.98 Å². The molecule has 0 bridgehead atoms. The molecule has 0 aromatic carbocycles. The van der Waals surface area contributed by atoms with E-state index in [0.29, 0.717) is 23.9 Å². The van der Waals surface area contributed by atoms with E-state index in [4.69, 9.17) is 9.47 Å². The summed E-state index contributed by atoms with van der Waals surface area (Å²) >= 11 is 0. The van der Waals surface area contributed by atoms with Gasteiger partial charge in [-0.15, -0.1) is 0 Å². The number of hydrogen-bond acceptors (Lipinski definition) is 5. The molecular formula is C11H15NO4S. The van der Waals surface area contributed by atoms with Crippen LogP contribution in [-0.2, 0) is 9.84 Å². The quantitative estimate of drug-likeness (QED) is 0.799. The lowest BCUT2D eigenvalue weighted by Crippen LogP contribution is -1.99. The van der Waals surface area contributed by atoms with Gasteiger partial charge in [-0.3, -0.25) is 0 Å². The lowest BCUT2D eigenvalue weighted by atomic mass is 10.3. The van der Waals surface area contributed by atoms with Crippen LogP contribution in [0, 0.1) is 0 Å². The second kappa shape index (κ2) is 5.67. The number of hydrogen-bond donors (Lipinski definition) is 0. The first-order valence-corrected chi connectivity index (χ1v) is 6.97. The van der Waals surface area contributed by atoms with Gasteiger partial charge in [0.15, 0.2) is 15.6 Å². The zero-order valence-corrected chi connectivity index (χ0v) is 10.8. The molecule has 17 heavy (non-hydrogen) atoms. The largest absolute Gasteiger partial charge is 0.491 e. The Balaban J connectivity index is 3.04. The molecule has 0 fully saturated rings. The number of ether oxygens (including phenoxy) is 2. The SMILES string of the molecule is CCOc1nc(/C=C/S(C)(=O)=O)ccc1OC. The lowest BCUT2D eigenvalue weighted by molar-refractivity contribution is 0.298. The van der Waals surface area contributed by atoms with Crippen LogP contribution in [0.4, 0.5) is 0 Å². The molecular weight excluding hydrogens is 242 g/mol. The summed E-state index contributed by atoms with van der Waals surface area (Å²) in [6, 6.07) is 3.34. The van der Waals surface area contributed by atoms with Crippen LogP contribution in [0.2, 0.25) is 0 Å². The molecule has 0 aliphatic carbocycles. The highest BCUT2D eigenvalue weighted by atomic mass is 32.2. The monoisotopic (exact) mass is 257 g/mol. The lowest BCUT2D eigenvalue weighted by Gasteiger charge is -2.08. The normalized spacial score (nSPS) is 11.7. The van der Waals surface area contributed by atoms with Crippen molar-refractivity contribution in [2.24, 2.45) is 0 Å². The molecule has 0 amide bonds. The second-order valence-electron chi connectivity index (χ2n) is 3.31. The first kappa shape index (κ1) is 13.5. The highest BCUT2D eigenvalue weighted by molar-refractivity contribution is 7.93. The van der Waals surface area contributed by atoms with Gasteiger partial charge in [-0.05, 0) is 25.1 Å². The molecule has 1 aromatic rings. The Morgan fingerprint density at radius 2 is 2.12 bits per heavy atom. The Morgan fingerprint density at radius 3 is 2.65 bits per heavy atom. The molecule has 6 heteroatoms. The number of rotatable bonds is 5. The van der Waals surface area contributed by atoms with Gasteiger partial charge in [0.2, 0.25) is 0 Å². The van der Waals surface area contributed by atoms with Gasteiger partial charge >= 0.3 is 0 Å². The Morgan fingerprint density at radius 1 is 1.41 bits per heavy atom. The van der Waals surface area contributed by atoms with E-state index in [1.54, 1.807) is 12.1 Å². The summed E-state index contributed by atoms with van der Waals surface area (Å²) in [4.78, 5) is 4.14. The number of pyridine rings is 1. The van der Waals surface area contributed by atoms with Crippen molar-refractivity contribution in [2.75, 3.05) is 20.0 Å². The Kier molecular flexibility index (Phi) is 4.51. The zero-order chi connectivity index (χ0) is 12.9. The molecule has 1 rings (SSSR count). The fraction of sp³-hybridized carbons (Fsp3) is 0.364. The summed E-state index contributed by atoms with van der Waals surface area (Å²) in [5, 5.41) is 1.09. The van der Waals surface area contributed by atoms with Crippen LogP contribution in [0.15, 0.2) is 17.5 Å². The van der Waals surface area contributed by atoms with Crippen molar-refractivity contribution < 1.29 is 17.9 Å². The van der Waals surface area contributed by atoms with Crippen molar-refractivity contribution in [1.82, 2.24) is 4.98 Å². The topological polar surface area (TPSA) is 65.5 Å². The molecule has 94 valence electrons. The van der Waals surface area contributed by atoms with E-state index in [-0.39, 0.29) is 0 Å². The van der Waals surface area contributed by atoms with Gasteiger partial charge in [0, 0.05) is 11.7 Å². The van der Waals surface area contributed by atoms with E-state index < -0.39 is 9.84 Å². The van der Waals surface area contributed by atoms with Gasteiger partial charge in [-0.25, -0.2) is 13.4 Å². The van der Waals surface area contributed by atoms with E-state index in [1.165, 1.54) is 13.2 Å². The van der Waals surface area contributed by atoms with Gasteiger partial charge in [-0.1, -0.05) is 0 Å². The van der Waals surface area contributed by atoms with Crippen LogP contribution >= 0.6 is 0 Å². The minimum Gasteiger partial charge on any atom is -0.491 e. The third-order valence-electron chi connectivity index (χ3n) is 1.83. The minimum atomic E-state index is -3.16. The maximum atomic E-state index is 11.0. The maximum Gasteiger partial charge on any atom is 0.257 e. The highest BCUT2D eigenvalue weighted by Crippen LogP contribution is 2.24. The van der Waals surface area contributed by atoms with E-state index >= 15 is 0 Å². The first-order valence-electron chi connectivity index (χ1n) is 5.02. The summed E-state index contributed by atoms with van der Waals surface area (Å²) in [5.41, 5.74) is 0.500. The molecule has 0 radical (unpaired) electrons. The van der Waals surface area contributed by atoms with Gasteiger partial charge < -0.3 is 9.47 Å². The fourth-order valence-corrected chi connectivity index (χ4v) is 1.51. The van der Waals surface area contributed by atoms with Gasteiger partial charge in [0.1, 0.15) is 0 Å². The molecule has 0 spiro atoms. The predicted octanol–water partition coefficient (Wildman–Crippen LogP) is 1.50. The third-order valence-corrected chi connectivity index (χ3v) is 2.46. The summed E-state index contributed by atoms with van der Waals surface area (Å²) < 4.78 is 32.3. The number of sulfone groups is 1. The summed E-state index contributed by atoms with van der Waals surface area (Å²) in [5.74, 6) is 0.869. The van der Waals surface area contributed by atoms with Crippen molar-refractivity contribution in [3.63, 3.8) is 0 Å². The van der Waals surface area contributed by atoms with Gasteiger partial charge in [0.05, 0.1) is 19.4 Å². The molecule has 1 heterocycles. The zero-order valence-electron chi connectivity index (χ0n) is 10.0. The van der Waals surface area contributed by atoms with Crippen LogP contribution in [0.5, 0.6) is 11.6 Å². The molecule has 0 N–H and O–H groups in total. The van der Waals surface area contributed by atoms with E-state index in [0.717, 1.165) is 11.7 Å². The highest BCUT2D eigenvalue weighted by Gasteiger charge is 2.06. The van der Waals surface area contributed by atoms with Crippen LogP contribution in [-0.4, -0.2) is 33.4 Å². The van der Waals surface area contributed by atoms with E-state index in [9.17, 15) is 8.42 Å². The average Bonchev–Trinajstić information content (AvgIpc) is 2.26. The number of nitrogens with zero attached hydrogens (tertiary/aromatic N) is 1. The molecule has 0 unspecified atom stereocenters.